The van der Waals surface area contributed by atoms with Crippen LogP contribution in [0.15, 0.2) is 66.7 Å². The molecule has 43 heavy (non-hydrogen) atoms. The minimum Gasteiger partial charge on any atom is -0.369 e. The zero-order valence-corrected chi connectivity index (χ0v) is 23.5. The second-order valence-electron chi connectivity index (χ2n) is 11.6. The number of carbonyl (C=O) groups excluding carboxylic acids is 2. The molecule has 0 spiro atoms. The fraction of sp³-hybridized carbons (Fsp3) is 0.438. The van der Waals surface area contributed by atoms with Gasteiger partial charge in [-0.05, 0) is 47.1 Å². The summed E-state index contributed by atoms with van der Waals surface area (Å²) < 4.78 is 80.8. The van der Waals surface area contributed by atoms with E-state index in [9.17, 15) is 41.0 Å². The highest BCUT2D eigenvalue weighted by atomic mass is 19.4. The van der Waals surface area contributed by atoms with Crippen molar-refractivity contribution in [3.63, 3.8) is 0 Å². The summed E-state index contributed by atoms with van der Waals surface area (Å²) in [7, 11) is 0. The molecule has 0 aliphatic carbocycles. The number of alkyl halides is 6. The lowest BCUT2D eigenvalue weighted by Crippen LogP contribution is -2.53. The molecule has 5 rings (SSSR count). The molecule has 1 N–H and O–H groups in total. The van der Waals surface area contributed by atoms with E-state index in [1.165, 1.54) is 19.1 Å². The average Bonchev–Trinajstić information content (AvgIpc) is 3.39. The smallest absolute Gasteiger partial charge is 0.369 e. The molecule has 0 radical (unpaired) electrons. The van der Waals surface area contributed by atoms with Crippen LogP contribution in [0.4, 0.5) is 26.3 Å². The molecule has 3 aromatic carbocycles. The Morgan fingerprint density at radius 2 is 1.42 bits per heavy atom. The van der Waals surface area contributed by atoms with E-state index in [4.69, 9.17) is 0 Å². The maximum atomic E-state index is 13.6. The van der Waals surface area contributed by atoms with Gasteiger partial charge in [0, 0.05) is 50.5 Å². The van der Waals surface area contributed by atoms with E-state index < -0.39 is 23.5 Å². The number of piperidine rings is 1. The van der Waals surface area contributed by atoms with Crippen LogP contribution in [0.25, 0.3) is 10.8 Å². The SMILES string of the molecule is CC(=O)N1CCC(C(=O)N2C[C@@H](Cc3cccc4ccccc34)[C@H](c3ccc(C(O)(C(F)(F)F)C(F)(F)F)cc3)C2)CC1. The van der Waals surface area contributed by atoms with Crippen molar-refractivity contribution < 1.29 is 41.0 Å². The lowest BCUT2D eigenvalue weighted by Gasteiger charge is -2.33. The zero-order chi connectivity index (χ0) is 31.2. The Hall–Kier alpha value is -3.60. The predicted molar refractivity (Wildman–Crippen MR) is 148 cm³/mol. The summed E-state index contributed by atoms with van der Waals surface area (Å²) in [5.74, 6) is -0.910. The number of likely N-dealkylation sites (tertiary alicyclic amines) is 2. The third-order valence-electron chi connectivity index (χ3n) is 8.98. The van der Waals surface area contributed by atoms with Gasteiger partial charge in [-0.15, -0.1) is 0 Å². The second kappa shape index (κ2) is 11.5. The van der Waals surface area contributed by atoms with Crippen LogP contribution in [-0.4, -0.2) is 65.3 Å². The highest BCUT2D eigenvalue weighted by Gasteiger charge is 2.71. The van der Waals surface area contributed by atoms with Gasteiger partial charge in [-0.25, -0.2) is 0 Å². The van der Waals surface area contributed by atoms with Gasteiger partial charge < -0.3 is 14.9 Å². The van der Waals surface area contributed by atoms with Crippen molar-refractivity contribution in [1.82, 2.24) is 9.80 Å². The van der Waals surface area contributed by atoms with Gasteiger partial charge in [0.1, 0.15) is 0 Å². The maximum absolute atomic E-state index is 13.6. The molecular formula is C32H32F6N2O3. The average molecular weight is 607 g/mol. The topological polar surface area (TPSA) is 60.9 Å². The van der Waals surface area contributed by atoms with Crippen LogP contribution in [-0.2, 0) is 21.6 Å². The van der Waals surface area contributed by atoms with Crippen molar-refractivity contribution in [3.05, 3.63) is 83.4 Å². The highest BCUT2D eigenvalue weighted by Crippen LogP contribution is 2.50. The number of fused-ring (bicyclic) bond motifs is 1. The minimum atomic E-state index is -5.97. The summed E-state index contributed by atoms with van der Waals surface area (Å²) >= 11 is 0. The molecule has 2 aliphatic heterocycles. The Balaban J connectivity index is 1.45. The van der Waals surface area contributed by atoms with E-state index in [-0.39, 0.29) is 36.1 Å². The van der Waals surface area contributed by atoms with Gasteiger partial charge in [0.05, 0.1) is 0 Å². The van der Waals surface area contributed by atoms with Gasteiger partial charge in [0.25, 0.3) is 5.60 Å². The Morgan fingerprint density at radius 1 is 0.814 bits per heavy atom. The minimum absolute atomic E-state index is 0.0475. The fourth-order valence-corrected chi connectivity index (χ4v) is 6.55. The van der Waals surface area contributed by atoms with Crippen molar-refractivity contribution in [3.8, 4) is 0 Å². The molecule has 2 atom stereocenters. The summed E-state index contributed by atoms with van der Waals surface area (Å²) in [6.07, 6.45) is -10.4. The summed E-state index contributed by atoms with van der Waals surface area (Å²) in [6.45, 7) is 3.07. The van der Waals surface area contributed by atoms with Crippen molar-refractivity contribution in [2.45, 2.75) is 50.1 Å². The largest absolute Gasteiger partial charge is 0.430 e. The van der Waals surface area contributed by atoms with E-state index in [1.807, 2.05) is 42.5 Å². The Labute approximate surface area is 245 Å². The van der Waals surface area contributed by atoms with Crippen molar-refractivity contribution in [2.75, 3.05) is 26.2 Å². The molecule has 0 saturated carbocycles. The van der Waals surface area contributed by atoms with E-state index in [2.05, 4.69) is 0 Å². The summed E-state index contributed by atoms with van der Waals surface area (Å²) in [4.78, 5) is 28.8. The number of nitrogens with zero attached hydrogens (tertiary/aromatic N) is 2. The number of hydrogen-bond donors (Lipinski definition) is 1. The first kappa shape index (κ1) is 30.8. The first-order chi connectivity index (χ1) is 20.2. The van der Waals surface area contributed by atoms with Crippen LogP contribution >= 0.6 is 0 Å². The standard InChI is InChI=1S/C32H32F6N2O3/c1-20(41)39-15-13-23(14-16-39)29(42)40-18-25(17-24-7-4-6-21-5-2-3-8-27(21)24)28(19-40)22-9-11-26(12-10-22)30(43,31(33,34)35)32(36,37)38/h2-12,23,25,28,43H,13-19H2,1H3/t25-,28+/m1/s1. The molecule has 0 aromatic heterocycles. The Bertz CT molecular complexity index is 1460. The van der Waals surface area contributed by atoms with Crippen molar-refractivity contribution >= 4 is 22.6 Å². The number of rotatable bonds is 5. The molecule has 11 heteroatoms. The van der Waals surface area contributed by atoms with E-state index in [0.29, 0.717) is 56.6 Å². The Morgan fingerprint density at radius 3 is 2.02 bits per heavy atom. The molecule has 2 amide bonds. The lowest BCUT2D eigenvalue weighted by atomic mass is 9.82. The van der Waals surface area contributed by atoms with Gasteiger partial charge in [-0.3, -0.25) is 9.59 Å². The van der Waals surface area contributed by atoms with E-state index >= 15 is 0 Å². The molecule has 2 heterocycles. The number of amides is 2. The number of halogens is 6. The summed E-state index contributed by atoms with van der Waals surface area (Å²) in [6, 6.07) is 17.4. The van der Waals surface area contributed by atoms with Crippen LogP contribution in [0.5, 0.6) is 0 Å². The third-order valence-corrected chi connectivity index (χ3v) is 8.98. The highest BCUT2D eigenvalue weighted by molar-refractivity contribution is 5.85. The molecule has 2 fully saturated rings. The molecule has 0 bridgehead atoms. The molecule has 5 nitrogen and oxygen atoms in total. The quantitative estimate of drug-likeness (QED) is 0.352. The third kappa shape index (κ3) is 5.83. The predicted octanol–water partition coefficient (Wildman–Crippen LogP) is 6.20. The van der Waals surface area contributed by atoms with E-state index in [1.54, 1.807) is 9.80 Å². The van der Waals surface area contributed by atoms with Crippen molar-refractivity contribution in [1.29, 1.82) is 0 Å². The normalized spacial score (nSPS) is 20.6. The van der Waals surface area contributed by atoms with Crippen LogP contribution in [0.3, 0.4) is 0 Å². The number of carbonyl (C=O) groups is 2. The van der Waals surface area contributed by atoms with Gasteiger partial charge >= 0.3 is 12.4 Å². The molecule has 0 unspecified atom stereocenters. The Kier molecular flexibility index (Phi) is 8.24. The summed E-state index contributed by atoms with van der Waals surface area (Å²) in [5, 5.41) is 11.9. The van der Waals surface area contributed by atoms with E-state index in [0.717, 1.165) is 16.3 Å². The molecule has 2 aliphatic rings. The fourth-order valence-electron chi connectivity index (χ4n) is 6.55. The lowest BCUT2D eigenvalue weighted by molar-refractivity contribution is -0.376. The molecular weight excluding hydrogens is 574 g/mol. The zero-order valence-electron chi connectivity index (χ0n) is 23.5. The number of aliphatic hydroxyl groups is 1. The van der Waals surface area contributed by atoms with Crippen LogP contribution < -0.4 is 0 Å². The van der Waals surface area contributed by atoms with Gasteiger partial charge in [-0.1, -0.05) is 66.7 Å². The van der Waals surface area contributed by atoms with Gasteiger partial charge in [0.15, 0.2) is 0 Å². The number of benzene rings is 3. The van der Waals surface area contributed by atoms with Crippen molar-refractivity contribution in [2.24, 2.45) is 11.8 Å². The van der Waals surface area contributed by atoms with Crippen LogP contribution in [0.2, 0.25) is 0 Å². The molecule has 2 saturated heterocycles. The molecule has 230 valence electrons. The van der Waals surface area contributed by atoms with Crippen LogP contribution in [0, 0.1) is 11.8 Å². The molecule has 3 aromatic rings. The number of hydrogen-bond acceptors (Lipinski definition) is 3. The second-order valence-corrected chi connectivity index (χ2v) is 11.6. The maximum Gasteiger partial charge on any atom is 0.430 e. The van der Waals surface area contributed by atoms with Gasteiger partial charge in [-0.2, -0.15) is 26.3 Å². The first-order valence-electron chi connectivity index (χ1n) is 14.2. The monoisotopic (exact) mass is 606 g/mol. The van der Waals surface area contributed by atoms with Gasteiger partial charge in [0.2, 0.25) is 11.8 Å². The summed E-state index contributed by atoms with van der Waals surface area (Å²) in [5.41, 5.74) is -4.81. The van der Waals surface area contributed by atoms with Crippen LogP contribution in [0.1, 0.15) is 42.4 Å². The first-order valence-corrected chi connectivity index (χ1v) is 14.2.